The van der Waals surface area contributed by atoms with Gasteiger partial charge in [-0.15, -0.1) is 0 Å². The van der Waals surface area contributed by atoms with Crippen LogP contribution >= 0.6 is 0 Å². The first kappa shape index (κ1) is 18.7. The number of carbonyl (C=O) groups is 2. The van der Waals surface area contributed by atoms with Crippen LogP contribution in [0, 0.1) is 0 Å². The number of aromatic nitrogens is 1. The zero-order chi connectivity index (χ0) is 19.3. The monoisotopic (exact) mass is 380 g/mol. The van der Waals surface area contributed by atoms with E-state index in [1.807, 2.05) is 63.2 Å². The summed E-state index contributed by atoms with van der Waals surface area (Å²) in [5.41, 5.74) is 1.70. The highest BCUT2D eigenvalue weighted by molar-refractivity contribution is 5.94. The largest absolute Gasteiger partial charge is 0.342 e. The fourth-order valence-corrected chi connectivity index (χ4v) is 4.03. The summed E-state index contributed by atoms with van der Waals surface area (Å²) in [6.45, 7) is 5.11. The zero-order valence-electron chi connectivity index (χ0n) is 16.3. The number of likely N-dealkylation sites (tertiary alicyclic amines) is 1. The van der Waals surface area contributed by atoms with Gasteiger partial charge in [0.05, 0.1) is 6.54 Å². The summed E-state index contributed by atoms with van der Waals surface area (Å²) in [5.74, 6) is 0.301. The van der Waals surface area contributed by atoms with Gasteiger partial charge in [-0.25, -0.2) is 0 Å². The molecule has 0 radical (unpaired) electrons. The average molecular weight is 380 g/mol. The molecule has 2 saturated heterocycles. The van der Waals surface area contributed by atoms with Crippen molar-refractivity contribution in [2.75, 3.05) is 45.8 Å². The number of piperazine rings is 1. The van der Waals surface area contributed by atoms with Crippen LogP contribution in [0.5, 0.6) is 0 Å². The number of rotatable bonds is 4. The molecule has 2 aliphatic heterocycles. The van der Waals surface area contributed by atoms with Crippen LogP contribution in [-0.2, 0) is 4.79 Å². The number of nitrogens with zero attached hydrogens (tertiary/aromatic N) is 4. The second-order valence-corrected chi connectivity index (χ2v) is 7.65. The van der Waals surface area contributed by atoms with Gasteiger partial charge in [0.2, 0.25) is 5.91 Å². The van der Waals surface area contributed by atoms with Crippen LogP contribution in [0.4, 0.5) is 0 Å². The van der Waals surface area contributed by atoms with Crippen molar-refractivity contribution >= 4 is 11.8 Å². The number of piperidine rings is 1. The Morgan fingerprint density at radius 2 is 1.50 bits per heavy atom. The molecule has 2 fully saturated rings. The molecule has 148 valence electrons. The zero-order valence-corrected chi connectivity index (χ0v) is 16.3. The highest BCUT2D eigenvalue weighted by atomic mass is 16.2. The molecule has 28 heavy (non-hydrogen) atoms. The van der Waals surface area contributed by atoms with Gasteiger partial charge in [0, 0.05) is 62.9 Å². The molecular formula is C22H28N4O2. The predicted molar refractivity (Wildman–Crippen MR) is 109 cm³/mol. The van der Waals surface area contributed by atoms with Gasteiger partial charge >= 0.3 is 0 Å². The summed E-state index contributed by atoms with van der Waals surface area (Å²) < 4.78 is 2.00. The van der Waals surface area contributed by atoms with Gasteiger partial charge in [0.25, 0.3) is 5.91 Å². The Balaban J connectivity index is 1.32. The number of carbonyl (C=O) groups excluding carboxylic acids is 2. The lowest BCUT2D eigenvalue weighted by atomic mass is 10.1. The molecule has 0 saturated carbocycles. The maximum absolute atomic E-state index is 12.9. The third-order valence-corrected chi connectivity index (χ3v) is 5.72. The van der Waals surface area contributed by atoms with Crippen LogP contribution in [-0.4, -0.2) is 76.9 Å². The summed E-state index contributed by atoms with van der Waals surface area (Å²) in [4.78, 5) is 31.4. The van der Waals surface area contributed by atoms with Crippen LogP contribution in [0.25, 0.3) is 5.69 Å². The minimum absolute atomic E-state index is 0.0658. The van der Waals surface area contributed by atoms with Crippen molar-refractivity contribution in [1.82, 2.24) is 19.3 Å². The summed E-state index contributed by atoms with van der Waals surface area (Å²) in [7, 11) is 0. The number of benzene rings is 1. The second kappa shape index (κ2) is 8.61. The summed E-state index contributed by atoms with van der Waals surface area (Å²) in [6, 6.07) is 11.7. The maximum Gasteiger partial charge on any atom is 0.254 e. The molecular weight excluding hydrogens is 352 g/mol. The van der Waals surface area contributed by atoms with E-state index in [4.69, 9.17) is 0 Å². The molecule has 1 aromatic heterocycles. The lowest BCUT2D eigenvalue weighted by Crippen LogP contribution is -2.52. The fraction of sp³-hybridized carbons (Fsp3) is 0.455. The maximum atomic E-state index is 12.9. The molecule has 6 nitrogen and oxygen atoms in total. The standard InChI is InChI=1S/C22H28N4O2/c27-21(25-11-2-1-3-12-25)18-23-13-15-26(16-14-23)22(28)19-7-6-8-20(17-19)24-9-4-5-10-24/h4-10,17H,1-3,11-16,18H2. The van der Waals surface area contributed by atoms with Gasteiger partial charge in [-0.1, -0.05) is 6.07 Å². The van der Waals surface area contributed by atoms with Crippen LogP contribution in [0.15, 0.2) is 48.8 Å². The fourth-order valence-electron chi connectivity index (χ4n) is 4.03. The van der Waals surface area contributed by atoms with Crippen molar-refractivity contribution < 1.29 is 9.59 Å². The van der Waals surface area contributed by atoms with E-state index in [0.29, 0.717) is 25.2 Å². The summed E-state index contributed by atoms with van der Waals surface area (Å²) in [5, 5.41) is 0. The quantitative estimate of drug-likeness (QED) is 0.817. The van der Waals surface area contributed by atoms with Crippen molar-refractivity contribution in [2.24, 2.45) is 0 Å². The average Bonchev–Trinajstić information content (AvgIpc) is 3.29. The minimum Gasteiger partial charge on any atom is -0.342 e. The van der Waals surface area contributed by atoms with E-state index in [-0.39, 0.29) is 11.8 Å². The lowest BCUT2D eigenvalue weighted by molar-refractivity contribution is -0.133. The van der Waals surface area contributed by atoms with Gasteiger partial charge < -0.3 is 14.4 Å². The molecule has 4 rings (SSSR count). The topological polar surface area (TPSA) is 48.8 Å². The van der Waals surface area contributed by atoms with Crippen LogP contribution < -0.4 is 0 Å². The first-order valence-corrected chi connectivity index (χ1v) is 10.2. The van der Waals surface area contributed by atoms with Crippen molar-refractivity contribution in [3.05, 3.63) is 54.4 Å². The van der Waals surface area contributed by atoms with Crippen LogP contribution in [0.2, 0.25) is 0 Å². The van der Waals surface area contributed by atoms with E-state index in [2.05, 4.69) is 4.90 Å². The van der Waals surface area contributed by atoms with E-state index >= 15 is 0 Å². The van der Waals surface area contributed by atoms with Gasteiger partial charge in [-0.05, 0) is 49.6 Å². The molecule has 1 aromatic carbocycles. The Kier molecular flexibility index (Phi) is 5.76. The molecule has 0 aliphatic carbocycles. The molecule has 0 spiro atoms. The Bertz CT molecular complexity index is 804. The van der Waals surface area contributed by atoms with Crippen molar-refractivity contribution in [3.63, 3.8) is 0 Å². The second-order valence-electron chi connectivity index (χ2n) is 7.65. The van der Waals surface area contributed by atoms with Gasteiger partial charge in [-0.2, -0.15) is 0 Å². The molecule has 0 N–H and O–H groups in total. The highest BCUT2D eigenvalue weighted by Crippen LogP contribution is 2.15. The Morgan fingerprint density at radius 1 is 0.786 bits per heavy atom. The van der Waals surface area contributed by atoms with E-state index in [9.17, 15) is 9.59 Å². The molecule has 0 unspecified atom stereocenters. The first-order valence-electron chi connectivity index (χ1n) is 10.2. The lowest BCUT2D eigenvalue weighted by Gasteiger charge is -2.36. The number of hydrogen-bond acceptors (Lipinski definition) is 3. The van der Waals surface area contributed by atoms with Crippen molar-refractivity contribution in [1.29, 1.82) is 0 Å². The van der Waals surface area contributed by atoms with Crippen molar-refractivity contribution in [2.45, 2.75) is 19.3 Å². The van der Waals surface area contributed by atoms with E-state index in [0.717, 1.165) is 44.7 Å². The number of amides is 2. The molecule has 2 amide bonds. The van der Waals surface area contributed by atoms with Gasteiger partial charge in [-0.3, -0.25) is 14.5 Å². The molecule has 3 heterocycles. The predicted octanol–water partition coefficient (Wildman–Crippen LogP) is 2.25. The SMILES string of the molecule is O=C(CN1CCN(C(=O)c2cccc(-n3cccc3)c2)CC1)N1CCCCC1. The van der Waals surface area contributed by atoms with E-state index in [1.54, 1.807) is 0 Å². The number of hydrogen-bond donors (Lipinski definition) is 0. The molecule has 0 bridgehead atoms. The van der Waals surface area contributed by atoms with E-state index in [1.165, 1.54) is 6.42 Å². The third kappa shape index (κ3) is 4.28. The summed E-state index contributed by atoms with van der Waals surface area (Å²) >= 11 is 0. The van der Waals surface area contributed by atoms with Crippen LogP contribution in [0.1, 0.15) is 29.6 Å². The van der Waals surface area contributed by atoms with E-state index < -0.39 is 0 Å². The summed E-state index contributed by atoms with van der Waals surface area (Å²) in [6.07, 6.45) is 7.42. The van der Waals surface area contributed by atoms with Gasteiger partial charge in [0.1, 0.15) is 0 Å². The van der Waals surface area contributed by atoms with Crippen LogP contribution in [0.3, 0.4) is 0 Å². The smallest absolute Gasteiger partial charge is 0.254 e. The molecule has 0 atom stereocenters. The Hall–Kier alpha value is -2.60. The first-order chi connectivity index (χ1) is 13.7. The van der Waals surface area contributed by atoms with Gasteiger partial charge in [0.15, 0.2) is 0 Å². The molecule has 6 heteroatoms. The Morgan fingerprint density at radius 3 is 2.21 bits per heavy atom. The Labute approximate surface area is 166 Å². The minimum atomic E-state index is 0.0658. The third-order valence-electron chi connectivity index (χ3n) is 5.72. The normalized spacial score (nSPS) is 18.3. The molecule has 2 aromatic rings. The highest BCUT2D eigenvalue weighted by Gasteiger charge is 2.25. The molecule has 2 aliphatic rings. The van der Waals surface area contributed by atoms with Crippen molar-refractivity contribution in [3.8, 4) is 5.69 Å².